The fourth-order valence-corrected chi connectivity index (χ4v) is 4.61. The van der Waals surface area contributed by atoms with Crippen LogP contribution in [0, 0.1) is 0 Å². The Balaban J connectivity index is 1.62. The van der Waals surface area contributed by atoms with Crippen LogP contribution >= 0.6 is 0 Å². The standard InChI is InChI=1S/C23H28N2O7S/c1-15(2)25(16(3)4)22(26)14-32-23(27)17-5-7-18(8-6-17)24-33(28,29)19-9-10-20-21(13-19)31-12-11-30-20/h5-10,13,15-16,24H,11-12,14H2,1-4H3. The zero-order valence-corrected chi connectivity index (χ0v) is 19.8. The number of anilines is 1. The van der Waals surface area contributed by atoms with Gasteiger partial charge in [-0.05, 0) is 64.1 Å². The molecule has 1 heterocycles. The number of nitrogens with zero attached hydrogens (tertiary/aromatic N) is 1. The summed E-state index contributed by atoms with van der Waals surface area (Å²) in [5.74, 6) is -0.0917. The minimum Gasteiger partial charge on any atom is -0.486 e. The molecule has 2 aromatic rings. The van der Waals surface area contributed by atoms with Gasteiger partial charge in [-0.25, -0.2) is 13.2 Å². The lowest BCUT2D eigenvalue weighted by atomic mass is 10.2. The number of hydrogen-bond donors (Lipinski definition) is 1. The molecule has 0 aliphatic carbocycles. The van der Waals surface area contributed by atoms with Gasteiger partial charge in [0.1, 0.15) is 13.2 Å². The van der Waals surface area contributed by atoms with Crippen LogP contribution in [0.3, 0.4) is 0 Å². The SMILES string of the molecule is CC(C)N(C(=O)COC(=O)c1ccc(NS(=O)(=O)c2ccc3c(c2)OCCO3)cc1)C(C)C. The summed E-state index contributed by atoms with van der Waals surface area (Å²) in [6.07, 6.45) is 0. The number of sulfonamides is 1. The maximum Gasteiger partial charge on any atom is 0.338 e. The van der Waals surface area contributed by atoms with E-state index in [4.69, 9.17) is 14.2 Å². The van der Waals surface area contributed by atoms with Crippen LogP contribution in [0.5, 0.6) is 11.5 Å². The molecule has 3 rings (SSSR count). The number of benzene rings is 2. The quantitative estimate of drug-likeness (QED) is 0.583. The van der Waals surface area contributed by atoms with Gasteiger partial charge < -0.3 is 19.1 Å². The van der Waals surface area contributed by atoms with Crippen LogP contribution in [0.1, 0.15) is 38.1 Å². The van der Waals surface area contributed by atoms with Crippen LogP contribution in [0.2, 0.25) is 0 Å². The number of rotatable bonds is 8. The molecule has 0 atom stereocenters. The Morgan fingerprint density at radius 2 is 1.58 bits per heavy atom. The first kappa shape index (κ1) is 24.4. The minimum absolute atomic E-state index is 0.0160. The summed E-state index contributed by atoms with van der Waals surface area (Å²) >= 11 is 0. The summed E-state index contributed by atoms with van der Waals surface area (Å²) in [7, 11) is -3.88. The zero-order chi connectivity index (χ0) is 24.2. The summed E-state index contributed by atoms with van der Waals surface area (Å²) in [6, 6.07) is 10.1. The summed E-state index contributed by atoms with van der Waals surface area (Å²) in [5, 5.41) is 0. The number of ether oxygens (including phenoxy) is 3. The van der Waals surface area contributed by atoms with E-state index in [0.29, 0.717) is 24.7 Å². The summed E-state index contributed by atoms with van der Waals surface area (Å²) < 4.78 is 43.9. The topological polar surface area (TPSA) is 111 Å². The van der Waals surface area contributed by atoms with Crippen molar-refractivity contribution in [1.29, 1.82) is 0 Å². The summed E-state index contributed by atoms with van der Waals surface area (Å²) in [5.41, 5.74) is 0.467. The van der Waals surface area contributed by atoms with Crippen LogP contribution < -0.4 is 14.2 Å². The summed E-state index contributed by atoms with van der Waals surface area (Å²) in [4.78, 5) is 26.3. The van der Waals surface area contributed by atoms with Crippen molar-refractivity contribution in [3.05, 3.63) is 48.0 Å². The highest BCUT2D eigenvalue weighted by Gasteiger charge is 2.22. The number of esters is 1. The first-order valence-electron chi connectivity index (χ1n) is 10.6. The average molecular weight is 477 g/mol. The normalized spacial score (nSPS) is 13.0. The van der Waals surface area contributed by atoms with Gasteiger partial charge in [-0.2, -0.15) is 0 Å². The smallest absolute Gasteiger partial charge is 0.338 e. The molecule has 9 nitrogen and oxygen atoms in total. The third-order valence-electron chi connectivity index (χ3n) is 4.92. The van der Waals surface area contributed by atoms with Crippen LogP contribution in [0.15, 0.2) is 47.4 Å². The second-order valence-electron chi connectivity index (χ2n) is 8.05. The number of amides is 1. The maximum absolute atomic E-state index is 12.7. The molecule has 33 heavy (non-hydrogen) atoms. The Hall–Kier alpha value is -3.27. The largest absolute Gasteiger partial charge is 0.486 e. The molecule has 0 spiro atoms. The van der Waals surface area contributed by atoms with Crippen molar-refractivity contribution in [3.63, 3.8) is 0 Å². The lowest BCUT2D eigenvalue weighted by Crippen LogP contribution is -2.44. The van der Waals surface area contributed by atoms with Gasteiger partial charge in [0.25, 0.3) is 15.9 Å². The molecule has 1 N–H and O–H groups in total. The van der Waals surface area contributed by atoms with E-state index in [9.17, 15) is 18.0 Å². The van der Waals surface area contributed by atoms with Gasteiger partial charge in [0.2, 0.25) is 0 Å². The van der Waals surface area contributed by atoms with E-state index >= 15 is 0 Å². The number of fused-ring (bicyclic) bond motifs is 1. The van der Waals surface area contributed by atoms with Crippen molar-refractivity contribution in [1.82, 2.24) is 4.90 Å². The first-order valence-corrected chi connectivity index (χ1v) is 12.1. The fourth-order valence-electron chi connectivity index (χ4n) is 3.54. The highest BCUT2D eigenvalue weighted by atomic mass is 32.2. The van der Waals surface area contributed by atoms with Crippen molar-refractivity contribution >= 4 is 27.6 Å². The molecule has 10 heteroatoms. The monoisotopic (exact) mass is 476 g/mol. The molecule has 0 fully saturated rings. The molecule has 0 bridgehead atoms. The average Bonchev–Trinajstić information content (AvgIpc) is 2.77. The molecule has 1 amide bonds. The van der Waals surface area contributed by atoms with Crippen LogP contribution in [-0.2, 0) is 19.6 Å². The molecule has 0 saturated heterocycles. The van der Waals surface area contributed by atoms with Gasteiger partial charge in [-0.3, -0.25) is 9.52 Å². The zero-order valence-electron chi connectivity index (χ0n) is 19.0. The van der Waals surface area contributed by atoms with Crippen molar-refractivity contribution < 1.29 is 32.2 Å². The van der Waals surface area contributed by atoms with Gasteiger partial charge in [0.05, 0.1) is 10.5 Å². The third-order valence-corrected chi connectivity index (χ3v) is 6.30. The van der Waals surface area contributed by atoms with Gasteiger partial charge in [-0.15, -0.1) is 0 Å². The van der Waals surface area contributed by atoms with Crippen molar-refractivity contribution in [2.24, 2.45) is 0 Å². The van der Waals surface area contributed by atoms with Crippen molar-refractivity contribution in [2.45, 2.75) is 44.7 Å². The van der Waals surface area contributed by atoms with Crippen molar-refractivity contribution in [2.75, 3.05) is 24.5 Å². The highest BCUT2D eigenvalue weighted by molar-refractivity contribution is 7.92. The van der Waals surface area contributed by atoms with Gasteiger partial charge >= 0.3 is 5.97 Å². The predicted octanol–water partition coefficient (Wildman–Crippen LogP) is 3.06. The Morgan fingerprint density at radius 1 is 0.970 bits per heavy atom. The third kappa shape index (κ3) is 5.95. The van der Waals surface area contributed by atoms with E-state index in [2.05, 4.69) is 4.72 Å². The minimum atomic E-state index is -3.88. The van der Waals surface area contributed by atoms with E-state index in [1.165, 1.54) is 36.4 Å². The lowest BCUT2D eigenvalue weighted by molar-refractivity contribution is -0.138. The molecule has 0 aromatic heterocycles. The molecule has 1 aliphatic heterocycles. The molecule has 0 radical (unpaired) electrons. The lowest BCUT2D eigenvalue weighted by Gasteiger charge is -2.30. The van der Waals surface area contributed by atoms with E-state index in [1.54, 1.807) is 11.0 Å². The Bertz CT molecular complexity index is 1100. The van der Waals surface area contributed by atoms with Gasteiger partial charge in [0.15, 0.2) is 18.1 Å². The summed E-state index contributed by atoms with van der Waals surface area (Å²) in [6.45, 7) is 7.96. The van der Waals surface area contributed by atoms with Crippen LogP contribution in [0.25, 0.3) is 0 Å². The van der Waals surface area contributed by atoms with Crippen LogP contribution in [0.4, 0.5) is 5.69 Å². The molecule has 178 valence electrons. The second-order valence-corrected chi connectivity index (χ2v) is 9.74. The van der Waals surface area contributed by atoms with Gasteiger partial charge in [0, 0.05) is 23.8 Å². The molecule has 2 aromatic carbocycles. The van der Waals surface area contributed by atoms with Crippen molar-refractivity contribution in [3.8, 4) is 11.5 Å². The van der Waals surface area contributed by atoms with E-state index in [-0.39, 0.29) is 40.7 Å². The van der Waals surface area contributed by atoms with Gasteiger partial charge in [-0.1, -0.05) is 0 Å². The number of carbonyl (C=O) groups excluding carboxylic acids is 2. The second kappa shape index (κ2) is 10.1. The Kier molecular flexibility index (Phi) is 7.47. The van der Waals surface area contributed by atoms with E-state index in [1.807, 2.05) is 27.7 Å². The van der Waals surface area contributed by atoms with Crippen LogP contribution in [-0.4, -0.2) is 57.1 Å². The molecule has 1 aliphatic rings. The molecular weight excluding hydrogens is 448 g/mol. The highest BCUT2D eigenvalue weighted by Crippen LogP contribution is 2.32. The molecule has 0 unspecified atom stereocenters. The number of carbonyl (C=O) groups is 2. The Morgan fingerprint density at radius 3 is 2.18 bits per heavy atom. The van der Waals surface area contributed by atoms with E-state index in [0.717, 1.165) is 0 Å². The first-order chi connectivity index (χ1) is 15.6. The molecule has 0 saturated carbocycles. The molecular formula is C23H28N2O7S. The fraction of sp³-hybridized carbons (Fsp3) is 0.391. The number of hydrogen-bond acceptors (Lipinski definition) is 7. The maximum atomic E-state index is 12.7. The van der Waals surface area contributed by atoms with E-state index < -0.39 is 16.0 Å². The Labute approximate surface area is 193 Å². The predicted molar refractivity (Wildman–Crippen MR) is 122 cm³/mol. The number of nitrogens with one attached hydrogen (secondary N) is 1.